The Balaban J connectivity index is 1.67. The standard InChI is InChI=1S/C20H18N4O8S2/c1-11-19(20(26)24(23-11)14-4-6-15(7-5-14)33(27,28)29)22-21-13-3-2-12-8-16(34(30,31)32)10-18(25)17(12)9-13/h2-10,23,25,30-32H,1H3,(H,27,28,29). The van der Waals surface area contributed by atoms with Crippen LogP contribution in [0.3, 0.4) is 0 Å². The van der Waals surface area contributed by atoms with Gasteiger partial charge < -0.3 is 18.8 Å². The van der Waals surface area contributed by atoms with Crippen LogP contribution in [0.15, 0.2) is 79.4 Å². The minimum absolute atomic E-state index is 0.00671. The molecule has 1 heterocycles. The van der Waals surface area contributed by atoms with E-state index < -0.39 is 26.5 Å². The van der Waals surface area contributed by atoms with Crippen molar-refractivity contribution in [3.63, 3.8) is 0 Å². The Hall–Kier alpha value is -3.53. The summed E-state index contributed by atoms with van der Waals surface area (Å²) in [5.74, 6) is -0.313. The van der Waals surface area contributed by atoms with Gasteiger partial charge in [-0.1, -0.05) is 6.07 Å². The van der Waals surface area contributed by atoms with Crippen LogP contribution < -0.4 is 5.56 Å². The van der Waals surface area contributed by atoms with Crippen LogP contribution in [-0.2, 0) is 10.1 Å². The SMILES string of the molecule is Cc1[nH]n(-c2ccc(S(=O)(=O)O)cc2)c(=O)c1N=Nc1ccc2cc(S(O)(O)O)cc(O)c2c1. The van der Waals surface area contributed by atoms with Crippen LogP contribution in [0, 0.1) is 6.92 Å². The van der Waals surface area contributed by atoms with Crippen molar-refractivity contribution in [2.24, 2.45) is 10.2 Å². The first-order chi connectivity index (χ1) is 15.8. The minimum atomic E-state index is -4.37. The highest BCUT2D eigenvalue weighted by atomic mass is 32.3. The summed E-state index contributed by atoms with van der Waals surface area (Å²) in [7, 11) is -8.37. The van der Waals surface area contributed by atoms with Crippen LogP contribution in [0.2, 0.25) is 0 Å². The van der Waals surface area contributed by atoms with Crippen molar-refractivity contribution in [2.45, 2.75) is 16.7 Å². The molecule has 0 radical (unpaired) electrons. The molecule has 0 aliphatic rings. The summed E-state index contributed by atoms with van der Waals surface area (Å²) in [6, 6.07) is 11.8. The smallest absolute Gasteiger partial charge is 0.299 e. The van der Waals surface area contributed by atoms with E-state index in [0.717, 1.165) is 22.9 Å². The van der Waals surface area contributed by atoms with E-state index in [4.69, 9.17) is 4.55 Å². The molecule has 6 N–H and O–H groups in total. The fourth-order valence-electron chi connectivity index (χ4n) is 3.23. The van der Waals surface area contributed by atoms with Gasteiger partial charge in [0.1, 0.15) is 16.6 Å². The second kappa shape index (κ2) is 8.35. The number of nitrogens with one attached hydrogen (secondary N) is 1. The molecule has 1 aromatic heterocycles. The lowest BCUT2D eigenvalue weighted by atomic mass is 10.1. The summed E-state index contributed by atoms with van der Waals surface area (Å²) >= 11 is 0. The van der Waals surface area contributed by atoms with Gasteiger partial charge in [0.05, 0.1) is 26.9 Å². The van der Waals surface area contributed by atoms with Crippen molar-refractivity contribution in [2.75, 3.05) is 0 Å². The van der Waals surface area contributed by atoms with E-state index in [0.29, 0.717) is 22.2 Å². The maximum Gasteiger partial charge on any atom is 0.299 e. The van der Waals surface area contributed by atoms with Crippen molar-refractivity contribution in [3.05, 3.63) is 70.6 Å². The Kier molecular flexibility index (Phi) is 5.80. The van der Waals surface area contributed by atoms with E-state index in [9.17, 15) is 32.0 Å². The Morgan fingerprint density at radius 3 is 2.18 bits per heavy atom. The lowest BCUT2D eigenvalue weighted by molar-refractivity contribution is 0.375. The summed E-state index contributed by atoms with van der Waals surface area (Å²) in [6.07, 6.45) is 0. The Morgan fingerprint density at radius 1 is 0.882 bits per heavy atom. The summed E-state index contributed by atoms with van der Waals surface area (Å²) in [5.41, 5.74) is 0.419. The number of azo groups is 1. The maximum absolute atomic E-state index is 12.8. The molecule has 0 aliphatic carbocycles. The molecular formula is C20H18N4O8S2. The van der Waals surface area contributed by atoms with Gasteiger partial charge in [-0.05, 0) is 60.8 Å². The van der Waals surface area contributed by atoms with Gasteiger partial charge in [0.25, 0.3) is 15.7 Å². The van der Waals surface area contributed by atoms with E-state index in [1.165, 1.54) is 36.4 Å². The molecule has 0 amide bonds. The van der Waals surface area contributed by atoms with Crippen LogP contribution in [0.25, 0.3) is 16.5 Å². The van der Waals surface area contributed by atoms with E-state index >= 15 is 0 Å². The van der Waals surface area contributed by atoms with Crippen LogP contribution in [0.5, 0.6) is 5.75 Å². The molecule has 0 fully saturated rings. The highest BCUT2D eigenvalue weighted by Gasteiger charge is 2.18. The second-order valence-corrected chi connectivity index (χ2v) is 10.2. The average molecular weight is 507 g/mol. The van der Waals surface area contributed by atoms with Crippen LogP contribution in [0.4, 0.5) is 11.4 Å². The van der Waals surface area contributed by atoms with Crippen LogP contribution in [0.1, 0.15) is 5.69 Å². The normalized spacial score (nSPS) is 13.1. The molecule has 34 heavy (non-hydrogen) atoms. The number of phenols is 1. The van der Waals surface area contributed by atoms with E-state index in [1.807, 2.05) is 0 Å². The lowest BCUT2D eigenvalue weighted by Gasteiger charge is -2.20. The summed E-state index contributed by atoms with van der Waals surface area (Å²) in [6.45, 7) is 1.60. The van der Waals surface area contributed by atoms with Gasteiger partial charge in [-0.3, -0.25) is 14.4 Å². The van der Waals surface area contributed by atoms with E-state index in [-0.39, 0.29) is 26.9 Å². The number of phenolic OH excluding ortho intramolecular Hbond substituents is 1. The zero-order valence-electron chi connectivity index (χ0n) is 17.3. The molecule has 14 heteroatoms. The van der Waals surface area contributed by atoms with Crippen molar-refractivity contribution in [3.8, 4) is 11.4 Å². The number of aryl methyl sites for hydroxylation is 1. The fourth-order valence-corrected chi connectivity index (χ4v) is 4.27. The number of benzene rings is 3. The van der Waals surface area contributed by atoms with Crippen molar-refractivity contribution < 1.29 is 31.7 Å². The maximum atomic E-state index is 12.8. The number of aromatic hydroxyl groups is 1. The van der Waals surface area contributed by atoms with Gasteiger partial charge in [0.15, 0.2) is 5.69 Å². The number of aromatic nitrogens is 2. The molecule has 12 nitrogen and oxygen atoms in total. The highest BCUT2D eigenvalue weighted by Crippen LogP contribution is 2.46. The molecule has 0 bridgehead atoms. The molecule has 0 atom stereocenters. The van der Waals surface area contributed by atoms with Gasteiger partial charge in [0, 0.05) is 5.39 Å². The predicted octanol–water partition coefficient (Wildman–Crippen LogP) is 4.58. The Bertz CT molecular complexity index is 1600. The largest absolute Gasteiger partial charge is 0.507 e. The molecule has 0 unspecified atom stereocenters. The summed E-state index contributed by atoms with van der Waals surface area (Å²) < 4.78 is 60.8. The number of aromatic amines is 1. The monoisotopic (exact) mass is 506 g/mol. The van der Waals surface area contributed by atoms with Gasteiger partial charge in [-0.25, -0.2) is 4.68 Å². The zero-order valence-corrected chi connectivity index (χ0v) is 18.9. The Labute approximate surface area is 193 Å². The first-order valence-electron chi connectivity index (χ1n) is 9.43. The quantitative estimate of drug-likeness (QED) is 0.167. The molecule has 4 aromatic rings. The summed E-state index contributed by atoms with van der Waals surface area (Å²) in [5, 5.41) is 21.8. The molecule has 3 aromatic carbocycles. The Morgan fingerprint density at radius 2 is 1.56 bits per heavy atom. The molecule has 0 aliphatic heterocycles. The van der Waals surface area contributed by atoms with E-state index in [2.05, 4.69) is 15.3 Å². The number of rotatable bonds is 5. The predicted molar refractivity (Wildman–Crippen MR) is 124 cm³/mol. The van der Waals surface area contributed by atoms with Crippen molar-refractivity contribution >= 4 is 43.1 Å². The fraction of sp³-hybridized carbons (Fsp3) is 0.0500. The van der Waals surface area contributed by atoms with Gasteiger partial charge in [-0.15, -0.1) is 5.11 Å². The molecular weight excluding hydrogens is 488 g/mol. The van der Waals surface area contributed by atoms with Gasteiger partial charge >= 0.3 is 0 Å². The van der Waals surface area contributed by atoms with Gasteiger partial charge in [0.2, 0.25) is 0 Å². The van der Waals surface area contributed by atoms with Crippen molar-refractivity contribution in [1.82, 2.24) is 9.78 Å². The molecule has 0 spiro atoms. The first kappa shape index (κ1) is 23.6. The zero-order chi connectivity index (χ0) is 24.8. The number of H-pyrrole nitrogens is 1. The molecule has 0 saturated carbocycles. The third-order valence-corrected chi connectivity index (χ3v) is 6.64. The third kappa shape index (κ3) is 4.58. The lowest BCUT2D eigenvalue weighted by Crippen LogP contribution is -2.14. The minimum Gasteiger partial charge on any atom is -0.507 e. The molecule has 4 rings (SSSR count). The van der Waals surface area contributed by atoms with Gasteiger partial charge in [-0.2, -0.15) is 13.5 Å². The topological polar surface area (TPSA) is 198 Å². The van der Waals surface area contributed by atoms with E-state index in [1.54, 1.807) is 6.92 Å². The number of hydrogen-bond acceptors (Lipinski definition) is 9. The third-order valence-electron chi connectivity index (χ3n) is 4.90. The summed E-state index contributed by atoms with van der Waals surface area (Å²) in [4.78, 5) is 12.2. The number of hydrogen-bond donors (Lipinski definition) is 6. The average Bonchev–Trinajstić information content (AvgIpc) is 3.04. The number of fused-ring (bicyclic) bond motifs is 1. The van der Waals surface area contributed by atoms with Crippen LogP contribution >= 0.6 is 10.9 Å². The molecule has 0 saturated heterocycles. The first-order valence-corrected chi connectivity index (χ1v) is 12.4. The van der Waals surface area contributed by atoms with Crippen molar-refractivity contribution in [1.29, 1.82) is 0 Å². The molecule has 178 valence electrons. The highest BCUT2D eigenvalue weighted by molar-refractivity contribution is 8.19. The van der Waals surface area contributed by atoms with Crippen LogP contribution in [-0.4, -0.2) is 41.5 Å². The second-order valence-electron chi connectivity index (χ2n) is 7.26. The number of nitrogens with zero attached hydrogens (tertiary/aromatic N) is 3.